The average molecular weight is 390 g/mol. The van der Waals surface area contributed by atoms with E-state index in [1.54, 1.807) is 4.90 Å². The van der Waals surface area contributed by atoms with E-state index in [2.05, 4.69) is 5.10 Å². The Morgan fingerprint density at radius 2 is 2.07 bits per heavy atom. The van der Waals surface area contributed by atoms with Gasteiger partial charge in [0.1, 0.15) is 23.9 Å². The summed E-state index contributed by atoms with van der Waals surface area (Å²) in [6.07, 6.45) is 0. The van der Waals surface area contributed by atoms with Crippen molar-refractivity contribution in [2.75, 3.05) is 6.54 Å². The van der Waals surface area contributed by atoms with Crippen LogP contribution in [-0.2, 0) is 13.2 Å². The second-order valence-electron chi connectivity index (χ2n) is 7.05. The highest BCUT2D eigenvalue weighted by Gasteiger charge is 2.28. The smallest absolute Gasteiger partial charge is 0.254 e. The van der Waals surface area contributed by atoms with Crippen LogP contribution in [0.3, 0.4) is 0 Å². The molecule has 0 fully saturated rings. The number of fused-ring (bicyclic) bond motifs is 1. The summed E-state index contributed by atoms with van der Waals surface area (Å²) in [6, 6.07) is 17.0. The zero-order valence-electron chi connectivity index (χ0n) is 15.9. The standard InChI is InChI=1S/C22H19FN4O2/c1-15-12-26(22(28)17-7-16(11-24)8-18(23)9-17)13-20-10-19(25-27(15)20)14-29-21-5-3-2-4-6-21/h2-10,15H,12-14H2,1H3. The number of carbonyl (C=O) groups excluding carboxylic acids is 1. The van der Waals surface area contributed by atoms with Crippen LogP contribution in [0.5, 0.6) is 5.75 Å². The van der Waals surface area contributed by atoms with Crippen LogP contribution in [0.15, 0.2) is 54.6 Å². The summed E-state index contributed by atoms with van der Waals surface area (Å²) in [5.74, 6) is -0.132. The summed E-state index contributed by atoms with van der Waals surface area (Å²) < 4.78 is 21.4. The molecule has 1 amide bonds. The number of amides is 1. The highest BCUT2D eigenvalue weighted by atomic mass is 19.1. The van der Waals surface area contributed by atoms with Crippen molar-refractivity contribution in [3.63, 3.8) is 0 Å². The van der Waals surface area contributed by atoms with Crippen LogP contribution < -0.4 is 4.74 Å². The number of halogens is 1. The molecule has 2 aromatic carbocycles. The van der Waals surface area contributed by atoms with Gasteiger partial charge in [-0.3, -0.25) is 9.48 Å². The average Bonchev–Trinajstić information content (AvgIpc) is 3.15. The van der Waals surface area contributed by atoms with Gasteiger partial charge >= 0.3 is 0 Å². The first kappa shape index (κ1) is 18.7. The molecule has 6 nitrogen and oxygen atoms in total. The fourth-order valence-corrected chi connectivity index (χ4v) is 3.51. The lowest BCUT2D eigenvalue weighted by Gasteiger charge is -2.32. The number of nitrogens with zero attached hydrogens (tertiary/aromatic N) is 4. The molecule has 0 bridgehead atoms. The molecule has 0 spiro atoms. The molecule has 4 rings (SSSR count). The third-order valence-corrected chi connectivity index (χ3v) is 4.81. The van der Waals surface area contributed by atoms with Gasteiger partial charge in [-0.15, -0.1) is 0 Å². The maximum atomic E-state index is 13.7. The summed E-state index contributed by atoms with van der Waals surface area (Å²) in [5, 5.41) is 13.6. The highest BCUT2D eigenvalue weighted by Crippen LogP contribution is 2.24. The minimum Gasteiger partial charge on any atom is -0.487 e. The minimum atomic E-state index is -0.595. The molecule has 0 saturated heterocycles. The molecule has 29 heavy (non-hydrogen) atoms. The lowest BCUT2D eigenvalue weighted by atomic mass is 10.1. The van der Waals surface area contributed by atoms with Crippen LogP contribution in [0.1, 0.15) is 40.3 Å². The van der Waals surface area contributed by atoms with Crippen molar-refractivity contribution in [1.29, 1.82) is 5.26 Å². The molecule has 146 valence electrons. The van der Waals surface area contributed by atoms with E-state index in [9.17, 15) is 9.18 Å². The molecule has 1 atom stereocenters. The number of para-hydroxylation sites is 1. The van der Waals surface area contributed by atoms with E-state index >= 15 is 0 Å². The Hall–Kier alpha value is -3.66. The van der Waals surface area contributed by atoms with E-state index in [-0.39, 0.29) is 23.1 Å². The van der Waals surface area contributed by atoms with Gasteiger partial charge in [0.2, 0.25) is 0 Å². The van der Waals surface area contributed by atoms with Gasteiger partial charge in [-0.2, -0.15) is 10.4 Å². The van der Waals surface area contributed by atoms with Gasteiger partial charge < -0.3 is 9.64 Å². The van der Waals surface area contributed by atoms with Gasteiger partial charge in [0.25, 0.3) is 5.91 Å². The molecule has 3 aromatic rings. The number of hydrogen-bond donors (Lipinski definition) is 0. The molecule has 0 radical (unpaired) electrons. The largest absolute Gasteiger partial charge is 0.487 e. The van der Waals surface area contributed by atoms with E-state index in [1.165, 1.54) is 12.1 Å². The van der Waals surface area contributed by atoms with Crippen molar-refractivity contribution in [2.45, 2.75) is 26.1 Å². The van der Waals surface area contributed by atoms with Crippen LogP contribution in [0, 0.1) is 17.1 Å². The number of ether oxygens (including phenoxy) is 1. The first-order valence-electron chi connectivity index (χ1n) is 9.28. The summed E-state index contributed by atoms with van der Waals surface area (Å²) in [5.41, 5.74) is 1.97. The first-order valence-corrected chi connectivity index (χ1v) is 9.28. The zero-order chi connectivity index (χ0) is 20.4. The van der Waals surface area contributed by atoms with Crippen LogP contribution in [0.25, 0.3) is 0 Å². The van der Waals surface area contributed by atoms with Gasteiger partial charge in [-0.1, -0.05) is 18.2 Å². The van der Waals surface area contributed by atoms with Crippen molar-refractivity contribution in [1.82, 2.24) is 14.7 Å². The molecule has 1 aliphatic rings. The number of aromatic nitrogens is 2. The van der Waals surface area contributed by atoms with Crippen molar-refractivity contribution in [3.05, 3.63) is 82.9 Å². The number of hydrogen-bond acceptors (Lipinski definition) is 4. The predicted molar refractivity (Wildman–Crippen MR) is 104 cm³/mol. The van der Waals surface area contributed by atoms with E-state index in [0.717, 1.165) is 23.2 Å². The molecule has 1 unspecified atom stereocenters. The topological polar surface area (TPSA) is 71.2 Å². The monoisotopic (exact) mass is 390 g/mol. The molecule has 0 aliphatic carbocycles. The predicted octanol–water partition coefficient (Wildman–Crippen LogP) is 3.69. The molecule has 1 aromatic heterocycles. The van der Waals surface area contributed by atoms with Crippen LogP contribution >= 0.6 is 0 Å². The van der Waals surface area contributed by atoms with Crippen LogP contribution in [0.2, 0.25) is 0 Å². The van der Waals surface area contributed by atoms with E-state index in [4.69, 9.17) is 10.00 Å². The molecular weight excluding hydrogens is 371 g/mol. The minimum absolute atomic E-state index is 0.0304. The Morgan fingerprint density at radius 1 is 1.28 bits per heavy atom. The lowest BCUT2D eigenvalue weighted by Crippen LogP contribution is -2.40. The van der Waals surface area contributed by atoms with Crippen LogP contribution in [-0.4, -0.2) is 27.1 Å². The van der Waals surface area contributed by atoms with Crippen molar-refractivity contribution in [3.8, 4) is 11.8 Å². The molecule has 1 aliphatic heterocycles. The normalized spacial score (nSPS) is 15.5. The summed E-state index contributed by atoms with van der Waals surface area (Å²) in [7, 11) is 0. The zero-order valence-corrected chi connectivity index (χ0v) is 15.9. The van der Waals surface area contributed by atoms with Crippen LogP contribution in [0.4, 0.5) is 4.39 Å². The molecule has 0 N–H and O–H groups in total. The van der Waals surface area contributed by atoms with Crippen molar-refractivity contribution in [2.24, 2.45) is 0 Å². The number of benzene rings is 2. The van der Waals surface area contributed by atoms with Gasteiger partial charge in [0.05, 0.1) is 29.9 Å². The Bertz CT molecular complexity index is 1090. The SMILES string of the molecule is CC1CN(C(=O)c2cc(F)cc(C#N)c2)Cc2cc(COc3ccccc3)nn21. The van der Waals surface area contributed by atoms with E-state index in [1.807, 2.05) is 54.1 Å². The molecule has 0 saturated carbocycles. The van der Waals surface area contributed by atoms with Crippen molar-refractivity contribution >= 4 is 5.91 Å². The Labute approximate surface area is 167 Å². The fourth-order valence-electron chi connectivity index (χ4n) is 3.51. The maximum Gasteiger partial charge on any atom is 0.254 e. The van der Waals surface area contributed by atoms with Gasteiger partial charge in [-0.05, 0) is 43.3 Å². The quantitative estimate of drug-likeness (QED) is 0.681. The summed E-state index contributed by atoms with van der Waals surface area (Å²) >= 11 is 0. The highest BCUT2D eigenvalue weighted by molar-refractivity contribution is 5.94. The number of nitriles is 1. The number of rotatable bonds is 4. The molecule has 7 heteroatoms. The third-order valence-electron chi connectivity index (χ3n) is 4.81. The number of carbonyl (C=O) groups is 1. The first-order chi connectivity index (χ1) is 14.0. The molecular formula is C22H19FN4O2. The Balaban J connectivity index is 1.51. The van der Waals surface area contributed by atoms with Gasteiger partial charge in [0.15, 0.2) is 0 Å². The maximum absolute atomic E-state index is 13.7. The summed E-state index contributed by atoms with van der Waals surface area (Å²) in [6.45, 7) is 3.12. The Morgan fingerprint density at radius 3 is 2.83 bits per heavy atom. The summed E-state index contributed by atoms with van der Waals surface area (Å²) in [4.78, 5) is 14.5. The molecule has 2 heterocycles. The second kappa shape index (κ2) is 7.76. The van der Waals surface area contributed by atoms with E-state index in [0.29, 0.717) is 19.7 Å². The Kier molecular flexibility index (Phi) is 5.00. The van der Waals surface area contributed by atoms with Crippen molar-refractivity contribution < 1.29 is 13.9 Å². The van der Waals surface area contributed by atoms with Gasteiger partial charge in [0, 0.05) is 12.1 Å². The fraction of sp³-hybridized carbons (Fsp3) is 0.227. The lowest BCUT2D eigenvalue weighted by molar-refractivity contribution is 0.0676. The second-order valence-corrected chi connectivity index (χ2v) is 7.05. The third kappa shape index (κ3) is 3.97. The van der Waals surface area contributed by atoms with Gasteiger partial charge in [-0.25, -0.2) is 4.39 Å². The van der Waals surface area contributed by atoms with E-state index < -0.39 is 5.82 Å².